The first-order valence-corrected chi connectivity index (χ1v) is 6.92. The summed E-state index contributed by atoms with van der Waals surface area (Å²) in [5, 5.41) is 12.4. The van der Waals surface area contributed by atoms with Gasteiger partial charge in [0.05, 0.1) is 5.92 Å². The van der Waals surface area contributed by atoms with Gasteiger partial charge in [0.25, 0.3) is 0 Å². The second-order valence-corrected chi connectivity index (χ2v) is 5.72. The lowest BCUT2D eigenvalue weighted by molar-refractivity contribution is -0.142. The number of carbonyl (C=O) groups is 2. The highest BCUT2D eigenvalue weighted by Crippen LogP contribution is 2.29. The first-order chi connectivity index (χ1) is 9.56. The molecule has 106 valence electrons. The maximum atomic E-state index is 12.5. The predicted octanol–water partition coefficient (Wildman–Crippen LogP) is 1.20. The number of hydrogen-bond donors (Lipinski definition) is 2. The van der Waals surface area contributed by atoms with Gasteiger partial charge in [0.1, 0.15) is 6.04 Å². The van der Waals surface area contributed by atoms with E-state index in [0.717, 1.165) is 11.3 Å². The molecule has 1 aromatic rings. The number of benzene rings is 1. The number of likely N-dealkylation sites (tertiary alicyclic amines) is 1. The van der Waals surface area contributed by atoms with Crippen LogP contribution in [0.4, 0.5) is 5.69 Å². The zero-order valence-electron chi connectivity index (χ0n) is 11.4. The monoisotopic (exact) mass is 274 g/mol. The Morgan fingerprint density at radius 3 is 2.70 bits per heavy atom. The molecule has 1 amide bonds. The number of amides is 1. The summed E-state index contributed by atoms with van der Waals surface area (Å²) >= 11 is 0. The van der Waals surface area contributed by atoms with Gasteiger partial charge in [-0.05, 0) is 17.5 Å². The molecule has 1 saturated heterocycles. The van der Waals surface area contributed by atoms with Crippen LogP contribution in [-0.4, -0.2) is 41.0 Å². The molecule has 1 aromatic carbocycles. The number of carboxylic acid groups (broad SMARTS) is 1. The van der Waals surface area contributed by atoms with Crippen LogP contribution in [0.5, 0.6) is 0 Å². The predicted molar refractivity (Wildman–Crippen MR) is 74.4 cm³/mol. The van der Waals surface area contributed by atoms with Crippen LogP contribution in [0.15, 0.2) is 24.3 Å². The molecule has 0 aromatic heterocycles. The summed E-state index contributed by atoms with van der Waals surface area (Å²) in [4.78, 5) is 25.3. The van der Waals surface area contributed by atoms with Gasteiger partial charge >= 0.3 is 5.97 Å². The standard InChI is InChI=1S/C15H18N2O3/c1-9-7-17(8-11(9)15(19)20)14(18)13-6-10-4-2-3-5-12(10)16-13/h2-5,9,11,13,16H,6-8H2,1H3,(H,19,20)/t9-,11-,13?/m1/s1. The van der Waals surface area contributed by atoms with E-state index in [1.54, 1.807) is 4.90 Å². The number of nitrogens with one attached hydrogen (secondary N) is 1. The Kier molecular flexibility index (Phi) is 3.12. The smallest absolute Gasteiger partial charge is 0.308 e. The Morgan fingerprint density at radius 1 is 1.30 bits per heavy atom. The van der Waals surface area contributed by atoms with Crippen LogP contribution < -0.4 is 5.32 Å². The summed E-state index contributed by atoms with van der Waals surface area (Å²) in [5.74, 6) is -1.23. The van der Waals surface area contributed by atoms with Crippen LogP contribution in [0.2, 0.25) is 0 Å². The molecule has 5 heteroatoms. The van der Waals surface area contributed by atoms with Crippen molar-refractivity contribution in [2.45, 2.75) is 19.4 Å². The highest BCUT2D eigenvalue weighted by atomic mass is 16.4. The third-order valence-corrected chi connectivity index (χ3v) is 4.31. The van der Waals surface area contributed by atoms with Gasteiger partial charge in [-0.15, -0.1) is 0 Å². The fourth-order valence-corrected chi connectivity index (χ4v) is 3.14. The van der Waals surface area contributed by atoms with Gasteiger partial charge < -0.3 is 15.3 Å². The van der Waals surface area contributed by atoms with Crippen molar-refractivity contribution < 1.29 is 14.7 Å². The molecular formula is C15H18N2O3. The maximum absolute atomic E-state index is 12.5. The van der Waals surface area contributed by atoms with E-state index in [0.29, 0.717) is 19.5 Å². The molecule has 3 atom stereocenters. The number of hydrogen-bond acceptors (Lipinski definition) is 3. The van der Waals surface area contributed by atoms with E-state index in [4.69, 9.17) is 5.11 Å². The highest BCUT2D eigenvalue weighted by Gasteiger charge is 2.40. The molecule has 0 spiro atoms. The summed E-state index contributed by atoms with van der Waals surface area (Å²) in [6.45, 7) is 2.75. The van der Waals surface area contributed by atoms with Gasteiger partial charge in [-0.3, -0.25) is 9.59 Å². The van der Waals surface area contributed by atoms with E-state index in [9.17, 15) is 9.59 Å². The fourth-order valence-electron chi connectivity index (χ4n) is 3.14. The molecule has 0 aliphatic carbocycles. The second-order valence-electron chi connectivity index (χ2n) is 5.72. The molecule has 2 heterocycles. The second kappa shape index (κ2) is 4.81. The quantitative estimate of drug-likeness (QED) is 0.850. The lowest BCUT2D eigenvalue weighted by Crippen LogP contribution is -2.41. The van der Waals surface area contributed by atoms with Gasteiger partial charge in [-0.1, -0.05) is 25.1 Å². The minimum atomic E-state index is -0.810. The third kappa shape index (κ3) is 2.13. The number of rotatable bonds is 2. The molecule has 1 unspecified atom stereocenters. The van der Waals surface area contributed by atoms with Crippen LogP contribution in [-0.2, 0) is 16.0 Å². The van der Waals surface area contributed by atoms with Crippen molar-refractivity contribution in [1.29, 1.82) is 0 Å². The maximum Gasteiger partial charge on any atom is 0.308 e. The minimum absolute atomic E-state index is 0.0109. The normalized spacial score (nSPS) is 28.1. The van der Waals surface area contributed by atoms with E-state index in [1.807, 2.05) is 31.2 Å². The summed E-state index contributed by atoms with van der Waals surface area (Å²) in [6.07, 6.45) is 0.678. The van der Waals surface area contributed by atoms with Crippen molar-refractivity contribution in [3.05, 3.63) is 29.8 Å². The molecule has 0 saturated carbocycles. The number of carbonyl (C=O) groups excluding carboxylic acids is 1. The fraction of sp³-hybridized carbons (Fsp3) is 0.467. The zero-order chi connectivity index (χ0) is 14.3. The Balaban J connectivity index is 1.69. The average Bonchev–Trinajstić information content (AvgIpc) is 3.01. The van der Waals surface area contributed by atoms with Crippen molar-refractivity contribution >= 4 is 17.6 Å². The molecule has 0 bridgehead atoms. The van der Waals surface area contributed by atoms with Crippen molar-refractivity contribution in [3.8, 4) is 0 Å². The lowest BCUT2D eigenvalue weighted by atomic mass is 9.99. The van der Waals surface area contributed by atoms with E-state index in [2.05, 4.69) is 5.32 Å². The number of fused-ring (bicyclic) bond motifs is 1. The number of aliphatic carboxylic acids is 1. The first-order valence-electron chi connectivity index (χ1n) is 6.92. The van der Waals surface area contributed by atoms with E-state index in [1.165, 1.54) is 0 Å². The molecule has 2 aliphatic rings. The number of nitrogens with zero attached hydrogens (tertiary/aromatic N) is 1. The minimum Gasteiger partial charge on any atom is -0.481 e. The van der Waals surface area contributed by atoms with Crippen molar-refractivity contribution in [3.63, 3.8) is 0 Å². The number of carboxylic acids is 1. The lowest BCUT2D eigenvalue weighted by Gasteiger charge is -2.20. The number of para-hydroxylation sites is 1. The molecule has 1 fully saturated rings. The molecule has 2 N–H and O–H groups in total. The summed E-state index contributed by atoms with van der Waals surface area (Å²) < 4.78 is 0. The van der Waals surface area contributed by atoms with Crippen molar-refractivity contribution in [2.75, 3.05) is 18.4 Å². The van der Waals surface area contributed by atoms with Gasteiger partial charge in [-0.2, -0.15) is 0 Å². The summed E-state index contributed by atoms with van der Waals surface area (Å²) in [6, 6.07) is 7.63. The van der Waals surface area contributed by atoms with Gasteiger partial charge in [0.15, 0.2) is 0 Å². The average molecular weight is 274 g/mol. The molecule has 5 nitrogen and oxygen atoms in total. The molecule has 3 rings (SSSR count). The number of anilines is 1. The zero-order valence-corrected chi connectivity index (χ0v) is 11.4. The summed E-state index contributed by atoms with van der Waals surface area (Å²) in [7, 11) is 0. The Morgan fingerprint density at radius 2 is 2.05 bits per heavy atom. The van der Waals surface area contributed by atoms with Crippen molar-refractivity contribution in [1.82, 2.24) is 4.90 Å². The Bertz CT molecular complexity index is 533. The Labute approximate surface area is 117 Å². The SMILES string of the molecule is C[C@@H]1CN(C(=O)C2Cc3ccccc3N2)C[C@H]1C(=O)O. The van der Waals surface area contributed by atoms with E-state index < -0.39 is 11.9 Å². The van der Waals surface area contributed by atoms with Crippen LogP contribution in [0.1, 0.15) is 12.5 Å². The van der Waals surface area contributed by atoms with E-state index >= 15 is 0 Å². The molecular weight excluding hydrogens is 256 g/mol. The van der Waals surface area contributed by atoms with Gasteiger partial charge in [0, 0.05) is 25.2 Å². The van der Waals surface area contributed by atoms with Crippen LogP contribution in [0.3, 0.4) is 0 Å². The topological polar surface area (TPSA) is 69.6 Å². The van der Waals surface area contributed by atoms with Crippen LogP contribution in [0, 0.1) is 11.8 Å². The first kappa shape index (κ1) is 13.0. The van der Waals surface area contributed by atoms with Crippen molar-refractivity contribution in [2.24, 2.45) is 11.8 Å². The Hall–Kier alpha value is -2.04. The molecule has 2 aliphatic heterocycles. The third-order valence-electron chi connectivity index (χ3n) is 4.31. The largest absolute Gasteiger partial charge is 0.481 e. The van der Waals surface area contributed by atoms with Gasteiger partial charge in [-0.25, -0.2) is 0 Å². The van der Waals surface area contributed by atoms with Crippen LogP contribution >= 0.6 is 0 Å². The highest BCUT2D eigenvalue weighted by molar-refractivity contribution is 5.88. The summed E-state index contributed by atoms with van der Waals surface area (Å²) in [5.41, 5.74) is 2.15. The molecule has 0 radical (unpaired) electrons. The van der Waals surface area contributed by atoms with Crippen LogP contribution in [0.25, 0.3) is 0 Å². The van der Waals surface area contributed by atoms with E-state index in [-0.39, 0.29) is 17.9 Å². The molecule has 20 heavy (non-hydrogen) atoms. The van der Waals surface area contributed by atoms with Gasteiger partial charge in [0.2, 0.25) is 5.91 Å².